The second-order valence-corrected chi connectivity index (χ2v) is 10.4. The van der Waals surface area contributed by atoms with Crippen LogP contribution in [0.2, 0.25) is 0 Å². The van der Waals surface area contributed by atoms with Gasteiger partial charge >= 0.3 is 5.69 Å². The predicted octanol–water partition coefficient (Wildman–Crippen LogP) is 2.10. The zero-order chi connectivity index (χ0) is 27.7. The standard InChI is InChI=1S/C27H28N8O4/c1-27(2,3)19-8-4-15(10-23(19)36)13-28-24(37)21-12-22(30-14-29-21)25(38)31-20-9-5-16-11-17(6-7-18(16)20)35-26(39)32-33-34-35/h4,6-8,10-12,14,20,36H,5,9,13H2,1-3H3,(H,28,37)(H,31,38)(H,32,34,39)/t20-/m0/s1. The number of aryl methyl sites for hydroxylation is 1. The number of fused-ring (bicyclic) bond motifs is 1. The first-order chi connectivity index (χ1) is 18.6. The van der Waals surface area contributed by atoms with Gasteiger partial charge in [-0.1, -0.05) is 39.0 Å². The zero-order valence-corrected chi connectivity index (χ0v) is 21.7. The largest absolute Gasteiger partial charge is 0.508 e. The van der Waals surface area contributed by atoms with Gasteiger partial charge in [0.25, 0.3) is 11.8 Å². The second-order valence-electron chi connectivity index (χ2n) is 10.4. The van der Waals surface area contributed by atoms with Gasteiger partial charge in [-0.2, -0.15) is 4.68 Å². The van der Waals surface area contributed by atoms with E-state index in [-0.39, 0.29) is 35.1 Å². The van der Waals surface area contributed by atoms with E-state index in [0.717, 1.165) is 22.3 Å². The summed E-state index contributed by atoms with van der Waals surface area (Å²) in [7, 11) is 0. The molecule has 2 aromatic heterocycles. The highest BCUT2D eigenvalue weighted by molar-refractivity contribution is 5.97. The highest BCUT2D eigenvalue weighted by atomic mass is 16.3. The number of carbonyl (C=O) groups is 2. The number of carbonyl (C=O) groups excluding carboxylic acids is 2. The average Bonchev–Trinajstić information content (AvgIpc) is 3.52. The number of hydrogen-bond donors (Lipinski definition) is 4. The molecule has 1 aliphatic rings. The van der Waals surface area contributed by atoms with E-state index in [1.54, 1.807) is 12.1 Å². The van der Waals surface area contributed by atoms with Crippen LogP contribution in [-0.4, -0.2) is 47.1 Å². The van der Waals surface area contributed by atoms with Crippen molar-refractivity contribution in [1.29, 1.82) is 0 Å². The molecule has 200 valence electrons. The summed E-state index contributed by atoms with van der Waals surface area (Å²) >= 11 is 0. The third kappa shape index (κ3) is 5.40. The number of benzene rings is 2. The number of phenols is 1. The van der Waals surface area contributed by atoms with Crippen molar-refractivity contribution in [1.82, 2.24) is 40.8 Å². The Morgan fingerprint density at radius 1 is 1.08 bits per heavy atom. The Balaban J connectivity index is 1.23. The van der Waals surface area contributed by atoms with E-state index in [2.05, 4.69) is 36.1 Å². The Hall–Kier alpha value is -4.87. The van der Waals surface area contributed by atoms with Gasteiger partial charge in [-0.05, 0) is 69.1 Å². The summed E-state index contributed by atoms with van der Waals surface area (Å²) in [4.78, 5) is 45.6. The van der Waals surface area contributed by atoms with Gasteiger partial charge in [0, 0.05) is 12.6 Å². The van der Waals surface area contributed by atoms with Gasteiger partial charge in [-0.3, -0.25) is 9.59 Å². The van der Waals surface area contributed by atoms with Crippen molar-refractivity contribution in [2.24, 2.45) is 0 Å². The van der Waals surface area contributed by atoms with Gasteiger partial charge in [0.2, 0.25) is 0 Å². The molecule has 4 N–H and O–H groups in total. The number of rotatable bonds is 6. The lowest BCUT2D eigenvalue weighted by molar-refractivity contribution is 0.0931. The number of nitrogens with one attached hydrogen (secondary N) is 3. The van der Waals surface area contributed by atoms with Crippen molar-refractivity contribution >= 4 is 11.8 Å². The van der Waals surface area contributed by atoms with Crippen LogP contribution < -0.4 is 16.3 Å². The molecule has 0 unspecified atom stereocenters. The topological polar surface area (TPSA) is 168 Å². The third-order valence-electron chi connectivity index (χ3n) is 6.68. The highest BCUT2D eigenvalue weighted by Gasteiger charge is 2.26. The molecule has 0 spiro atoms. The highest BCUT2D eigenvalue weighted by Crippen LogP contribution is 2.33. The van der Waals surface area contributed by atoms with Gasteiger partial charge in [-0.25, -0.2) is 19.9 Å². The van der Waals surface area contributed by atoms with Gasteiger partial charge < -0.3 is 15.7 Å². The molecular weight excluding hydrogens is 500 g/mol. The van der Waals surface area contributed by atoms with E-state index in [9.17, 15) is 19.5 Å². The maximum atomic E-state index is 13.0. The minimum absolute atomic E-state index is 0.0557. The van der Waals surface area contributed by atoms with Crippen LogP contribution in [0.5, 0.6) is 5.75 Å². The molecule has 4 aromatic rings. The van der Waals surface area contributed by atoms with E-state index in [1.165, 1.54) is 17.1 Å². The molecule has 0 saturated heterocycles. The molecule has 12 nitrogen and oxygen atoms in total. The Kier molecular flexibility index (Phi) is 6.69. The lowest BCUT2D eigenvalue weighted by atomic mass is 9.86. The molecule has 0 aliphatic heterocycles. The molecule has 5 rings (SSSR count). The molecular formula is C27H28N8O4. The fraction of sp³-hybridized carbons (Fsp3) is 0.296. The smallest absolute Gasteiger partial charge is 0.365 e. The van der Waals surface area contributed by atoms with Crippen LogP contribution in [0.15, 0.2) is 53.6 Å². The number of hydrogen-bond acceptors (Lipinski definition) is 8. The molecule has 1 aliphatic carbocycles. The first-order valence-electron chi connectivity index (χ1n) is 12.5. The maximum absolute atomic E-state index is 13.0. The lowest BCUT2D eigenvalue weighted by Gasteiger charge is -2.20. The van der Waals surface area contributed by atoms with Crippen molar-refractivity contribution in [3.8, 4) is 11.4 Å². The Morgan fingerprint density at radius 2 is 1.85 bits per heavy atom. The molecule has 39 heavy (non-hydrogen) atoms. The Labute approximate surface area is 223 Å². The van der Waals surface area contributed by atoms with Crippen molar-refractivity contribution in [2.75, 3.05) is 0 Å². The van der Waals surface area contributed by atoms with Crippen LogP contribution >= 0.6 is 0 Å². The van der Waals surface area contributed by atoms with E-state index in [4.69, 9.17) is 0 Å². The van der Waals surface area contributed by atoms with Crippen LogP contribution in [0, 0.1) is 0 Å². The molecule has 0 bridgehead atoms. The minimum Gasteiger partial charge on any atom is -0.508 e. The molecule has 12 heteroatoms. The number of aromatic amines is 1. The van der Waals surface area contributed by atoms with E-state index >= 15 is 0 Å². The van der Waals surface area contributed by atoms with Gasteiger partial charge in [0.15, 0.2) is 0 Å². The van der Waals surface area contributed by atoms with E-state index in [1.807, 2.05) is 45.0 Å². The number of phenolic OH excluding ortho intramolecular Hbond substituents is 1. The minimum atomic E-state index is -0.465. The second kappa shape index (κ2) is 10.1. The fourth-order valence-electron chi connectivity index (χ4n) is 4.68. The van der Waals surface area contributed by atoms with Crippen LogP contribution in [0.4, 0.5) is 0 Å². The number of nitrogens with zero attached hydrogens (tertiary/aromatic N) is 5. The van der Waals surface area contributed by atoms with Crippen molar-refractivity contribution in [3.05, 3.63) is 92.9 Å². The normalized spacial score (nSPS) is 14.6. The summed E-state index contributed by atoms with van der Waals surface area (Å²) in [6, 6.07) is 11.9. The van der Waals surface area contributed by atoms with Crippen LogP contribution in [-0.2, 0) is 18.4 Å². The fourth-order valence-corrected chi connectivity index (χ4v) is 4.68. The number of aromatic nitrogens is 6. The average molecular weight is 529 g/mol. The monoisotopic (exact) mass is 528 g/mol. The first kappa shape index (κ1) is 25.8. The molecule has 0 saturated carbocycles. The van der Waals surface area contributed by atoms with Crippen LogP contribution in [0.25, 0.3) is 5.69 Å². The molecule has 2 aromatic carbocycles. The van der Waals surface area contributed by atoms with E-state index in [0.29, 0.717) is 18.5 Å². The SMILES string of the molecule is CC(C)(C)c1ccc(CNC(=O)c2cc(C(=O)N[C@H]3CCc4cc(-n5nn[nH]c5=O)ccc43)ncn2)cc1O. The number of aromatic hydroxyl groups is 1. The molecule has 0 fully saturated rings. The maximum Gasteiger partial charge on any atom is 0.365 e. The molecule has 0 radical (unpaired) electrons. The quantitative estimate of drug-likeness (QED) is 0.295. The first-order valence-corrected chi connectivity index (χ1v) is 12.5. The summed E-state index contributed by atoms with van der Waals surface area (Å²) < 4.78 is 1.17. The van der Waals surface area contributed by atoms with Crippen LogP contribution in [0.3, 0.4) is 0 Å². The predicted molar refractivity (Wildman–Crippen MR) is 141 cm³/mol. The Bertz CT molecular complexity index is 1620. The summed E-state index contributed by atoms with van der Waals surface area (Å²) in [6.07, 6.45) is 2.57. The molecule has 2 amide bonds. The van der Waals surface area contributed by atoms with Gasteiger partial charge in [0.1, 0.15) is 23.5 Å². The van der Waals surface area contributed by atoms with Gasteiger partial charge in [-0.15, -0.1) is 0 Å². The molecule has 2 heterocycles. The third-order valence-corrected chi connectivity index (χ3v) is 6.68. The summed E-state index contributed by atoms with van der Waals surface area (Å²) in [5, 5.41) is 25.6. The van der Waals surface area contributed by atoms with Crippen molar-refractivity contribution < 1.29 is 14.7 Å². The number of tetrazole rings is 1. The lowest BCUT2D eigenvalue weighted by Crippen LogP contribution is -2.29. The van der Waals surface area contributed by atoms with Crippen molar-refractivity contribution in [2.45, 2.75) is 51.6 Å². The summed E-state index contributed by atoms with van der Waals surface area (Å²) in [5.74, 6) is -0.719. The van der Waals surface area contributed by atoms with Crippen LogP contribution in [0.1, 0.15) is 76.5 Å². The Morgan fingerprint density at radius 3 is 2.54 bits per heavy atom. The van der Waals surface area contributed by atoms with Gasteiger partial charge in [0.05, 0.1) is 11.7 Å². The summed E-state index contributed by atoms with van der Waals surface area (Å²) in [5.41, 5.74) is 3.57. The number of H-pyrrole nitrogens is 1. The summed E-state index contributed by atoms with van der Waals surface area (Å²) in [6.45, 7) is 6.22. The van der Waals surface area contributed by atoms with Crippen molar-refractivity contribution in [3.63, 3.8) is 0 Å². The molecule has 1 atom stereocenters. The van der Waals surface area contributed by atoms with E-state index < -0.39 is 17.5 Å². The zero-order valence-electron chi connectivity index (χ0n) is 21.7. The number of amides is 2.